The van der Waals surface area contributed by atoms with Crippen LogP contribution in [0.3, 0.4) is 0 Å². The summed E-state index contributed by atoms with van der Waals surface area (Å²) >= 11 is 0. The smallest absolute Gasteiger partial charge is 0.262 e. The number of sulfonamides is 2. The number of likely N-dealkylation sites (tertiary alicyclic amines) is 1. The van der Waals surface area contributed by atoms with Gasteiger partial charge in [0.15, 0.2) is 0 Å². The molecule has 30 heavy (non-hydrogen) atoms. The third kappa shape index (κ3) is 5.24. The average Bonchev–Trinajstić information content (AvgIpc) is 2.74. The number of benzene rings is 2. The van der Waals surface area contributed by atoms with Gasteiger partial charge < -0.3 is 4.90 Å². The molecule has 0 spiro atoms. The zero-order valence-electron chi connectivity index (χ0n) is 16.3. The van der Waals surface area contributed by atoms with E-state index in [-0.39, 0.29) is 21.7 Å². The van der Waals surface area contributed by atoms with E-state index in [0.29, 0.717) is 31.5 Å². The molecule has 1 aliphatic heterocycles. The topological polar surface area (TPSA) is 122 Å². The highest BCUT2D eigenvalue weighted by Crippen LogP contribution is 2.18. The van der Waals surface area contributed by atoms with Crippen LogP contribution < -0.4 is 9.61 Å². The monoisotopic (exact) mass is 453 g/mol. The first kappa shape index (κ1) is 22.4. The van der Waals surface area contributed by atoms with Crippen molar-refractivity contribution in [3.05, 3.63) is 60.2 Å². The van der Waals surface area contributed by atoms with Crippen LogP contribution in [0.1, 0.15) is 23.2 Å². The van der Waals surface area contributed by atoms with Gasteiger partial charge in [-0.05, 0) is 49.2 Å². The molecule has 1 aliphatic rings. The predicted molar refractivity (Wildman–Crippen MR) is 109 cm³/mol. The lowest BCUT2D eigenvalue weighted by molar-refractivity contribution is 0.0711. The second kappa shape index (κ2) is 9.23. The Bertz CT molecular complexity index is 1080. The van der Waals surface area contributed by atoms with E-state index in [9.17, 15) is 21.6 Å². The highest BCUT2D eigenvalue weighted by Gasteiger charge is 2.27. The molecule has 2 aromatic rings. The summed E-state index contributed by atoms with van der Waals surface area (Å²) in [4.78, 5) is 20.9. The lowest BCUT2D eigenvalue weighted by Crippen LogP contribution is -2.46. The largest absolute Gasteiger partial charge is 0.339 e. The predicted octanol–water partition coefficient (Wildman–Crippen LogP) is 1.11. The lowest BCUT2D eigenvalue weighted by Gasteiger charge is -2.32. The molecule has 11 heteroatoms. The molecule has 1 saturated heterocycles. The number of carbonyl (C=O) groups excluding carboxylic acids is 1. The first-order valence-electron chi connectivity index (χ1n) is 9.24. The number of rotatable bonds is 7. The Kier molecular flexibility index (Phi) is 6.88. The van der Waals surface area contributed by atoms with Gasteiger partial charge in [-0.3, -0.25) is 9.63 Å². The molecule has 0 unspecified atom stereocenters. The number of piperidine rings is 1. The number of nitrogens with one attached hydrogen (secondary N) is 2. The van der Waals surface area contributed by atoms with Gasteiger partial charge in [0, 0.05) is 24.7 Å². The molecule has 1 heterocycles. The van der Waals surface area contributed by atoms with E-state index in [0.717, 1.165) is 0 Å². The Morgan fingerprint density at radius 3 is 2.03 bits per heavy atom. The van der Waals surface area contributed by atoms with Gasteiger partial charge in [-0.25, -0.2) is 21.6 Å². The van der Waals surface area contributed by atoms with E-state index < -0.39 is 20.0 Å². The summed E-state index contributed by atoms with van der Waals surface area (Å²) in [5.74, 6) is -0.233. The van der Waals surface area contributed by atoms with Gasteiger partial charge in [0.1, 0.15) is 0 Å². The summed E-state index contributed by atoms with van der Waals surface area (Å²) in [6.45, 7) is 0.790. The standard InChI is InChI=1S/C19H23N3O6S2/c1-28-21-30(26,27)18-9-7-15(8-10-18)19(23)22-13-11-16(12-14-22)20-29(24,25)17-5-3-2-4-6-17/h2-10,16,20-21H,11-14H2,1H3. The normalized spacial score (nSPS) is 15.8. The Balaban J connectivity index is 1.59. The Morgan fingerprint density at radius 1 is 0.900 bits per heavy atom. The number of hydrogen-bond donors (Lipinski definition) is 2. The molecule has 0 bridgehead atoms. The maximum Gasteiger partial charge on any atom is 0.262 e. The fraction of sp³-hybridized carbons (Fsp3) is 0.316. The number of nitrogens with zero attached hydrogens (tertiary/aromatic N) is 1. The second-order valence-electron chi connectivity index (χ2n) is 6.82. The van der Waals surface area contributed by atoms with Gasteiger partial charge in [0.25, 0.3) is 15.9 Å². The average molecular weight is 454 g/mol. The van der Waals surface area contributed by atoms with Crippen molar-refractivity contribution >= 4 is 26.0 Å². The second-order valence-corrected chi connectivity index (χ2v) is 10.2. The van der Waals surface area contributed by atoms with E-state index in [4.69, 9.17) is 0 Å². The van der Waals surface area contributed by atoms with Crippen molar-refractivity contribution in [2.45, 2.75) is 28.7 Å². The molecule has 1 fully saturated rings. The van der Waals surface area contributed by atoms with Crippen LogP contribution in [0.2, 0.25) is 0 Å². The molecule has 1 amide bonds. The summed E-state index contributed by atoms with van der Waals surface area (Å²) in [6, 6.07) is 13.4. The molecule has 3 rings (SSSR count). The van der Waals surface area contributed by atoms with E-state index in [2.05, 4.69) is 9.56 Å². The molecular weight excluding hydrogens is 430 g/mol. The van der Waals surface area contributed by atoms with Crippen LogP contribution in [0.4, 0.5) is 0 Å². The first-order valence-corrected chi connectivity index (χ1v) is 12.2. The molecule has 9 nitrogen and oxygen atoms in total. The molecule has 0 radical (unpaired) electrons. The maximum atomic E-state index is 12.7. The molecule has 0 saturated carbocycles. The fourth-order valence-corrected chi connectivity index (χ4v) is 5.34. The highest BCUT2D eigenvalue weighted by molar-refractivity contribution is 7.89. The third-order valence-corrected chi connectivity index (χ3v) is 7.58. The summed E-state index contributed by atoms with van der Waals surface area (Å²) < 4.78 is 51.3. The van der Waals surface area contributed by atoms with Gasteiger partial charge in [-0.1, -0.05) is 23.1 Å². The van der Waals surface area contributed by atoms with Gasteiger partial charge in [-0.15, -0.1) is 0 Å². The summed E-state index contributed by atoms with van der Waals surface area (Å²) in [5.41, 5.74) is 0.356. The third-order valence-electron chi connectivity index (χ3n) is 4.76. The van der Waals surface area contributed by atoms with Crippen molar-refractivity contribution in [3.63, 3.8) is 0 Å². The Hall–Kier alpha value is -2.31. The summed E-state index contributed by atoms with van der Waals surface area (Å²) in [7, 11) is -6.19. The van der Waals surface area contributed by atoms with Crippen molar-refractivity contribution in [2.75, 3.05) is 20.2 Å². The van der Waals surface area contributed by atoms with Gasteiger partial charge in [-0.2, -0.15) is 0 Å². The molecule has 0 aromatic heterocycles. The number of hydrogen-bond acceptors (Lipinski definition) is 6. The molecule has 2 aromatic carbocycles. The van der Waals surface area contributed by atoms with Gasteiger partial charge in [0.2, 0.25) is 10.0 Å². The molecular formula is C19H23N3O6S2. The van der Waals surface area contributed by atoms with Crippen LogP contribution in [-0.2, 0) is 24.9 Å². The van der Waals surface area contributed by atoms with Crippen molar-refractivity contribution in [2.24, 2.45) is 0 Å². The minimum Gasteiger partial charge on any atom is -0.339 e. The van der Waals surface area contributed by atoms with Crippen molar-refractivity contribution in [1.82, 2.24) is 14.5 Å². The van der Waals surface area contributed by atoms with Crippen LogP contribution >= 0.6 is 0 Å². The van der Waals surface area contributed by atoms with E-state index in [1.807, 2.05) is 4.89 Å². The quantitative estimate of drug-likeness (QED) is 0.606. The number of amides is 1. The van der Waals surface area contributed by atoms with Crippen molar-refractivity contribution in [3.8, 4) is 0 Å². The minimum absolute atomic E-state index is 0.0186. The summed E-state index contributed by atoms with van der Waals surface area (Å²) in [6.07, 6.45) is 0.976. The lowest BCUT2D eigenvalue weighted by atomic mass is 10.0. The van der Waals surface area contributed by atoms with Gasteiger partial charge >= 0.3 is 0 Å². The van der Waals surface area contributed by atoms with Crippen LogP contribution in [0.5, 0.6) is 0 Å². The van der Waals surface area contributed by atoms with Crippen LogP contribution in [0.15, 0.2) is 64.4 Å². The van der Waals surface area contributed by atoms with E-state index >= 15 is 0 Å². The Morgan fingerprint density at radius 2 is 1.47 bits per heavy atom. The summed E-state index contributed by atoms with van der Waals surface area (Å²) in [5, 5.41) is 0. The van der Waals surface area contributed by atoms with Crippen LogP contribution in [-0.4, -0.2) is 53.9 Å². The first-order chi connectivity index (χ1) is 14.2. The highest BCUT2D eigenvalue weighted by atomic mass is 32.2. The maximum absolute atomic E-state index is 12.7. The fourth-order valence-electron chi connectivity index (χ4n) is 3.20. The van der Waals surface area contributed by atoms with E-state index in [1.54, 1.807) is 23.1 Å². The minimum atomic E-state index is -3.79. The Labute approximate surface area is 176 Å². The van der Waals surface area contributed by atoms with Crippen LogP contribution in [0.25, 0.3) is 0 Å². The van der Waals surface area contributed by atoms with Crippen LogP contribution in [0, 0.1) is 0 Å². The molecule has 0 atom stereocenters. The number of carbonyl (C=O) groups is 1. The van der Waals surface area contributed by atoms with Gasteiger partial charge in [0.05, 0.1) is 16.9 Å². The molecule has 2 N–H and O–H groups in total. The molecule has 0 aliphatic carbocycles. The SMILES string of the molecule is CONS(=O)(=O)c1ccc(C(=O)N2CCC(NS(=O)(=O)c3ccccc3)CC2)cc1. The zero-order chi connectivity index (χ0) is 21.8. The van der Waals surface area contributed by atoms with Crippen molar-refractivity contribution in [1.29, 1.82) is 0 Å². The van der Waals surface area contributed by atoms with Crippen molar-refractivity contribution < 1.29 is 26.5 Å². The molecule has 162 valence electrons. The zero-order valence-corrected chi connectivity index (χ0v) is 17.9. The van der Waals surface area contributed by atoms with E-state index in [1.165, 1.54) is 43.5 Å².